The predicted octanol–water partition coefficient (Wildman–Crippen LogP) is 2.29. The quantitative estimate of drug-likeness (QED) is 0.354. The molecule has 0 atom stereocenters. The van der Waals surface area contributed by atoms with E-state index in [-0.39, 0.29) is 18.6 Å². The maximum absolute atomic E-state index is 7.66. The molecule has 4 nitrogen and oxygen atoms in total. The van der Waals surface area contributed by atoms with Gasteiger partial charge in [0, 0.05) is 11.5 Å². The lowest BCUT2D eigenvalue weighted by Gasteiger charge is -1.71. The molecule has 0 aliphatic carbocycles. The van der Waals surface area contributed by atoms with Crippen molar-refractivity contribution >= 4 is 12.4 Å². The van der Waals surface area contributed by atoms with Crippen LogP contribution in [0.4, 0.5) is 0 Å². The molecule has 0 unspecified atom stereocenters. The maximum Gasteiger partial charge on any atom is 0.0255 e. The highest BCUT2D eigenvalue weighted by Gasteiger charge is 1.65. The van der Waals surface area contributed by atoms with Crippen LogP contribution in [0.15, 0.2) is 5.11 Å². The normalized spacial score (nSPS) is 5.12. The molecular formula is C3H11ClN4. The van der Waals surface area contributed by atoms with Crippen LogP contribution < -0.4 is 6.15 Å². The van der Waals surface area contributed by atoms with E-state index in [1.165, 1.54) is 0 Å². The number of hydrogen-bond acceptors (Lipinski definition) is 2. The first kappa shape index (κ1) is 15.6. The van der Waals surface area contributed by atoms with Crippen molar-refractivity contribution in [1.82, 2.24) is 6.15 Å². The molecule has 0 radical (unpaired) electrons. The van der Waals surface area contributed by atoms with Gasteiger partial charge in [0.25, 0.3) is 0 Å². The summed E-state index contributed by atoms with van der Waals surface area (Å²) in [7, 11) is 0. The van der Waals surface area contributed by atoms with E-state index in [4.69, 9.17) is 5.53 Å². The molecule has 0 saturated carbocycles. The van der Waals surface area contributed by atoms with Crippen molar-refractivity contribution in [3.8, 4) is 0 Å². The summed E-state index contributed by atoms with van der Waals surface area (Å²) in [4.78, 5) is 2.55. The average Bonchev–Trinajstić information content (AvgIpc) is 1.61. The summed E-state index contributed by atoms with van der Waals surface area (Å²) in [6.45, 7) is 2.59. The smallest absolute Gasteiger partial charge is 0.0255 e. The van der Waals surface area contributed by atoms with Crippen LogP contribution in [-0.2, 0) is 0 Å². The molecule has 0 bridgehead atoms. The van der Waals surface area contributed by atoms with E-state index in [0.717, 1.165) is 6.42 Å². The number of hydrogen-bond donors (Lipinski definition) is 1. The van der Waals surface area contributed by atoms with E-state index in [2.05, 4.69) is 10.0 Å². The summed E-state index contributed by atoms with van der Waals surface area (Å²) in [5.74, 6) is 0. The molecule has 0 saturated heterocycles. The number of halogens is 1. The fourth-order valence-corrected chi connectivity index (χ4v) is 0.145. The Morgan fingerprint density at radius 3 is 2.25 bits per heavy atom. The van der Waals surface area contributed by atoms with Crippen LogP contribution in [-0.4, -0.2) is 6.54 Å². The molecule has 0 aromatic heterocycles. The average molecular weight is 139 g/mol. The van der Waals surface area contributed by atoms with Gasteiger partial charge in [-0.25, -0.2) is 0 Å². The topological polar surface area (TPSA) is 83.8 Å². The van der Waals surface area contributed by atoms with Crippen molar-refractivity contribution in [3.63, 3.8) is 0 Å². The minimum absolute atomic E-state index is 0. The fraction of sp³-hybridized carbons (Fsp3) is 1.00. The molecule has 8 heavy (non-hydrogen) atoms. The van der Waals surface area contributed by atoms with Crippen LogP contribution >= 0.6 is 12.4 Å². The second-order valence-electron chi connectivity index (χ2n) is 0.954. The Hall–Kier alpha value is -0.440. The molecule has 0 aliphatic heterocycles. The first-order valence-electron chi connectivity index (χ1n) is 1.92. The first-order valence-corrected chi connectivity index (χ1v) is 1.92. The summed E-state index contributed by atoms with van der Waals surface area (Å²) >= 11 is 0. The monoisotopic (exact) mass is 138 g/mol. The second kappa shape index (κ2) is 16.0. The van der Waals surface area contributed by atoms with Crippen molar-refractivity contribution in [2.45, 2.75) is 13.3 Å². The SMILES string of the molecule is CCCN=[N+]=[N-].Cl.N. The molecule has 0 aromatic carbocycles. The van der Waals surface area contributed by atoms with Gasteiger partial charge in [-0.2, -0.15) is 0 Å². The predicted molar refractivity (Wildman–Crippen MR) is 36.6 cm³/mol. The van der Waals surface area contributed by atoms with Gasteiger partial charge >= 0.3 is 0 Å². The largest absolute Gasteiger partial charge is 0.344 e. The van der Waals surface area contributed by atoms with E-state index in [1.807, 2.05) is 6.92 Å². The van der Waals surface area contributed by atoms with Crippen LogP contribution in [0.2, 0.25) is 0 Å². The molecule has 0 aromatic rings. The van der Waals surface area contributed by atoms with E-state index < -0.39 is 0 Å². The maximum atomic E-state index is 7.66. The van der Waals surface area contributed by atoms with E-state index in [0.29, 0.717) is 6.54 Å². The molecular weight excluding hydrogens is 128 g/mol. The Bertz CT molecular complexity index is 67.7. The second-order valence-corrected chi connectivity index (χ2v) is 0.954. The van der Waals surface area contributed by atoms with Crippen molar-refractivity contribution in [2.75, 3.05) is 6.54 Å². The van der Waals surface area contributed by atoms with Gasteiger partial charge in [0.2, 0.25) is 0 Å². The summed E-state index contributed by atoms with van der Waals surface area (Å²) in [5.41, 5.74) is 7.66. The van der Waals surface area contributed by atoms with Gasteiger partial charge in [-0.05, 0) is 5.53 Å². The number of nitrogens with zero attached hydrogens (tertiary/aromatic N) is 3. The van der Waals surface area contributed by atoms with E-state index in [9.17, 15) is 0 Å². The lowest BCUT2D eigenvalue weighted by atomic mass is 10.5. The van der Waals surface area contributed by atoms with Crippen LogP contribution in [0, 0.1) is 0 Å². The van der Waals surface area contributed by atoms with Crippen LogP contribution in [0.25, 0.3) is 10.4 Å². The Morgan fingerprint density at radius 2 is 2.12 bits per heavy atom. The molecule has 0 heterocycles. The van der Waals surface area contributed by atoms with Crippen LogP contribution in [0.5, 0.6) is 0 Å². The zero-order chi connectivity index (χ0) is 4.83. The van der Waals surface area contributed by atoms with E-state index in [1.54, 1.807) is 0 Å². The zero-order valence-electron chi connectivity index (χ0n) is 4.87. The highest BCUT2D eigenvalue weighted by Crippen LogP contribution is 1.74. The molecule has 3 N–H and O–H groups in total. The lowest BCUT2D eigenvalue weighted by Crippen LogP contribution is -1.65. The van der Waals surface area contributed by atoms with Gasteiger partial charge in [0.1, 0.15) is 0 Å². The van der Waals surface area contributed by atoms with E-state index >= 15 is 0 Å². The molecule has 0 amide bonds. The highest BCUT2D eigenvalue weighted by atomic mass is 35.5. The van der Waals surface area contributed by atoms with Crippen LogP contribution in [0.3, 0.4) is 0 Å². The summed E-state index contributed by atoms with van der Waals surface area (Å²) in [6.07, 6.45) is 0.935. The molecule has 5 heteroatoms. The lowest BCUT2D eigenvalue weighted by molar-refractivity contribution is 0.922. The van der Waals surface area contributed by atoms with Gasteiger partial charge in [-0.1, -0.05) is 18.5 Å². The fourth-order valence-electron chi connectivity index (χ4n) is 0.145. The van der Waals surface area contributed by atoms with Crippen molar-refractivity contribution in [3.05, 3.63) is 10.4 Å². The first-order chi connectivity index (χ1) is 2.91. The van der Waals surface area contributed by atoms with Gasteiger partial charge in [0.05, 0.1) is 0 Å². The van der Waals surface area contributed by atoms with Gasteiger partial charge < -0.3 is 6.15 Å². The third-order valence-electron chi connectivity index (χ3n) is 0.387. The third-order valence-corrected chi connectivity index (χ3v) is 0.387. The molecule has 0 rings (SSSR count). The summed E-state index contributed by atoms with van der Waals surface area (Å²) < 4.78 is 0. The standard InChI is InChI=1S/C3H7N3.ClH.H3N/c1-2-3-5-6-4;;/h2-3H2,1H3;1H;1H3. The molecule has 50 valence electrons. The van der Waals surface area contributed by atoms with Gasteiger partial charge in [-0.3, -0.25) is 0 Å². The van der Waals surface area contributed by atoms with Gasteiger partial charge in [-0.15, -0.1) is 12.4 Å². The molecule has 0 spiro atoms. The highest BCUT2D eigenvalue weighted by molar-refractivity contribution is 5.85. The van der Waals surface area contributed by atoms with Crippen molar-refractivity contribution in [1.29, 1.82) is 0 Å². The minimum Gasteiger partial charge on any atom is -0.344 e. The number of rotatable bonds is 2. The van der Waals surface area contributed by atoms with Gasteiger partial charge in [0.15, 0.2) is 0 Å². The molecule has 0 fully saturated rings. The summed E-state index contributed by atoms with van der Waals surface area (Å²) in [6, 6.07) is 0. The Labute approximate surface area is 54.9 Å². The van der Waals surface area contributed by atoms with Crippen molar-refractivity contribution in [2.24, 2.45) is 5.11 Å². The Balaban J connectivity index is -0.000000125. The Morgan fingerprint density at radius 1 is 1.62 bits per heavy atom. The van der Waals surface area contributed by atoms with Crippen LogP contribution in [0.1, 0.15) is 13.3 Å². The summed E-state index contributed by atoms with van der Waals surface area (Å²) in [5, 5.41) is 3.27. The zero-order valence-corrected chi connectivity index (χ0v) is 5.69. The third kappa shape index (κ3) is 17.6. The Kier molecular flexibility index (Phi) is 31.3. The molecule has 0 aliphatic rings. The minimum atomic E-state index is 0. The number of azide groups is 1. The van der Waals surface area contributed by atoms with Crippen molar-refractivity contribution < 1.29 is 0 Å².